The summed E-state index contributed by atoms with van der Waals surface area (Å²) in [5.74, 6) is -0.144. The highest BCUT2D eigenvalue weighted by atomic mass is 16.3. The molecule has 0 fully saturated rings. The van der Waals surface area contributed by atoms with Crippen molar-refractivity contribution in [3.8, 4) is 0 Å². The van der Waals surface area contributed by atoms with Crippen LogP contribution in [0.3, 0.4) is 0 Å². The van der Waals surface area contributed by atoms with Crippen LogP contribution in [0, 0.1) is 0 Å². The number of amides is 1. The lowest BCUT2D eigenvalue weighted by Gasteiger charge is -2.30. The van der Waals surface area contributed by atoms with Gasteiger partial charge in [0.15, 0.2) is 11.2 Å². The molecule has 0 radical (unpaired) electrons. The molecule has 0 bridgehead atoms. The maximum atomic E-state index is 13.3. The van der Waals surface area contributed by atoms with E-state index in [2.05, 4.69) is 17.9 Å². The Morgan fingerprint density at radius 2 is 1.89 bits per heavy atom. The van der Waals surface area contributed by atoms with Gasteiger partial charge in [-0.2, -0.15) is 0 Å². The van der Waals surface area contributed by atoms with Crippen molar-refractivity contribution in [2.75, 3.05) is 18.5 Å². The van der Waals surface area contributed by atoms with Crippen LogP contribution in [0.1, 0.15) is 29.5 Å². The Bertz CT molecular complexity index is 1060. The van der Waals surface area contributed by atoms with Crippen molar-refractivity contribution in [1.82, 2.24) is 4.90 Å². The predicted octanol–water partition coefficient (Wildman–Crippen LogP) is 3.66. The Labute approximate surface area is 157 Å². The molecule has 1 unspecified atom stereocenters. The highest BCUT2D eigenvalue weighted by Crippen LogP contribution is 2.28. The molecule has 0 saturated carbocycles. The van der Waals surface area contributed by atoms with Gasteiger partial charge in [-0.3, -0.25) is 9.59 Å². The molecule has 138 valence electrons. The van der Waals surface area contributed by atoms with Gasteiger partial charge >= 0.3 is 0 Å². The minimum absolute atomic E-state index is 0.0340. The summed E-state index contributed by atoms with van der Waals surface area (Å²) in [6.07, 6.45) is 0.821. The van der Waals surface area contributed by atoms with Crippen molar-refractivity contribution in [1.29, 1.82) is 0 Å². The monoisotopic (exact) mass is 362 g/mol. The van der Waals surface area contributed by atoms with E-state index in [1.54, 1.807) is 24.3 Å². The van der Waals surface area contributed by atoms with E-state index in [-0.39, 0.29) is 23.1 Å². The van der Waals surface area contributed by atoms with Crippen molar-refractivity contribution < 1.29 is 9.21 Å². The molecule has 1 aliphatic rings. The molecule has 1 aliphatic heterocycles. The smallest absolute Gasteiger partial charge is 0.290 e. The van der Waals surface area contributed by atoms with E-state index >= 15 is 0 Å². The Balaban J connectivity index is 1.77. The van der Waals surface area contributed by atoms with Gasteiger partial charge in [0.05, 0.1) is 5.39 Å². The third-order valence-corrected chi connectivity index (χ3v) is 5.25. The molecule has 0 spiro atoms. The lowest BCUT2D eigenvalue weighted by molar-refractivity contribution is 0.0635. The van der Waals surface area contributed by atoms with E-state index in [0.717, 1.165) is 24.2 Å². The number of para-hydroxylation sites is 2. The number of fused-ring (bicyclic) bond motifs is 2. The van der Waals surface area contributed by atoms with Crippen LogP contribution in [0.4, 0.5) is 5.69 Å². The van der Waals surface area contributed by atoms with Crippen molar-refractivity contribution in [2.45, 2.75) is 25.9 Å². The standard InChI is InChI=1S/C22H22N2O3/c1-3-16-14-23(2)18-10-6-4-8-15(18)13-24(16)22(26)21-12-19(25)17-9-5-7-11-20(17)27-21/h4-12,16H,3,13-14H2,1-2H3. The minimum atomic E-state index is -0.241. The number of anilines is 1. The number of likely N-dealkylation sites (N-methyl/N-ethyl adjacent to an activating group) is 1. The fourth-order valence-electron chi connectivity index (χ4n) is 3.78. The van der Waals surface area contributed by atoms with Crippen LogP contribution < -0.4 is 10.3 Å². The lowest BCUT2D eigenvalue weighted by atomic mass is 10.1. The molecule has 0 N–H and O–H groups in total. The van der Waals surface area contributed by atoms with Crippen LogP contribution in [0.15, 0.2) is 63.8 Å². The zero-order chi connectivity index (χ0) is 19.0. The van der Waals surface area contributed by atoms with Gasteiger partial charge in [0.2, 0.25) is 0 Å². The van der Waals surface area contributed by atoms with Crippen LogP contribution in [0.2, 0.25) is 0 Å². The Kier molecular flexibility index (Phi) is 4.44. The number of rotatable bonds is 2. The SMILES string of the molecule is CCC1CN(C)c2ccccc2CN1C(=O)c1cc(=O)c2ccccc2o1. The second-order valence-corrected chi connectivity index (χ2v) is 6.98. The van der Waals surface area contributed by atoms with Gasteiger partial charge in [-0.15, -0.1) is 0 Å². The first-order chi connectivity index (χ1) is 13.1. The first kappa shape index (κ1) is 17.3. The molecule has 1 aromatic heterocycles. The van der Waals surface area contributed by atoms with Crippen LogP contribution in [0.25, 0.3) is 11.0 Å². The summed E-state index contributed by atoms with van der Waals surface area (Å²) < 4.78 is 5.80. The topological polar surface area (TPSA) is 53.8 Å². The van der Waals surface area contributed by atoms with Crippen LogP contribution >= 0.6 is 0 Å². The largest absolute Gasteiger partial charge is 0.451 e. The molecule has 3 aromatic rings. The molecule has 0 aliphatic carbocycles. The molecule has 2 heterocycles. The van der Waals surface area contributed by atoms with Gasteiger partial charge in [-0.25, -0.2) is 0 Å². The molecule has 2 aromatic carbocycles. The molecule has 1 atom stereocenters. The summed E-state index contributed by atoms with van der Waals surface area (Å²) in [5, 5.41) is 0.488. The number of nitrogens with zero attached hydrogens (tertiary/aromatic N) is 2. The summed E-state index contributed by atoms with van der Waals surface area (Å²) in [5.41, 5.74) is 2.47. The van der Waals surface area contributed by atoms with Gasteiger partial charge < -0.3 is 14.2 Å². The van der Waals surface area contributed by atoms with Crippen LogP contribution in [-0.2, 0) is 6.54 Å². The molecular weight excluding hydrogens is 340 g/mol. The van der Waals surface area contributed by atoms with Crippen LogP contribution in [-0.4, -0.2) is 30.4 Å². The third kappa shape index (κ3) is 3.10. The number of benzene rings is 2. The van der Waals surface area contributed by atoms with E-state index in [9.17, 15) is 9.59 Å². The second kappa shape index (κ2) is 6.91. The van der Waals surface area contributed by atoms with Crippen LogP contribution in [0.5, 0.6) is 0 Å². The molecule has 4 rings (SSSR count). The van der Waals surface area contributed by atoms with E-state index in [4.69, 9.17) is 4.42 Å². The van der Waals surface area contributed by atoms with E-state index < -0.39 is 0 Å². The first-order valence-corrected chi connectivity index (χ1v) is 9.21. The normalized spacial score (nSPS) is 16.9. The number of carbonyl (C=O) groups is 1. The number of hydrogen-bond donors (Lipinski definition) is 0. The zero-order valence-corrected chi connectivity index (χ0v) is 15.5. The highest BCUT2D eigenvalue weighted by Gasteiger charge is 2.30. The Hall–Kier alpha value is -3.08. The van der Waals surface area contributed by atoms with E-state index in [0.29, 0.717) is 17.5 Å². The third-order valence-electron chi connectivity index (χ3n) is 5.25. The van der Waals surface area contributed by atoms with Gasteiger partial charge in [-0.05, 0) is 30.2 Å². The van der Waals surface area contributed by atoms with Gasteiger partial charge in [-0.1, -0.05) is 37.3 Å². The average Bonchev–Trinajstić information content (AvgIpc) is 2.84. The first-order valence-electron chi connectivity index (χ1n) is 9.21. The van der Waals surface area contributed by atoms with Crippen molar-refractivity contribution in [3.05, 3.63) is 76.1 Å². The minimum Gasteiger partial charge on any atom is -0.451 e. The second-order valence-electron chi connectivity index (χ2n) is 6.98. The summed E-state index contributed by atoms with van der Waals surface area (Å²) in [4.78, 5) is 29.7. The van der Waals surface area contributed by atoms with Crippen molar-refractivity contribution in [3.63, 3.8) is 0 Å². The summed E-state index contributed by atoms with van der Waals surface area (Å²) >= 11 is 0. The number of hydrogen-bond acceptors (Lipinski definition) is 4. The lowest BCUT2D eigenvalue weighted by Crippen LogP contribution is -2.43. The fraction of sp³-hybridized carbons (Fsp3) is 0.273. The van der Waals surface area contributed by atoms with Gasteiger partial charge in [0.1, 0.15) is 5.58 Å². The van der Waals surface area contributed by atoms with E-state index in [1.807, 2.05) is 30.1 Å². The Morgan fingerprint density at radius 1 is 1.15 bits per heavy atom. The van der Waals surface area contributed by atoms with Gasteiger partial charge in [0.25, 0.3) is 5.91 Å². The molecule has 5 nitrogen and oxygen atoms in total. The van der Waals surface area contributed by atoms with E-state index in [1.165, 1.54) is 6.07 Å². The fourth-order valence-corrected chi connectivity index (χ4v) is 3.78. The maximum Gasteiger partial charge on any atom is 0.290 e. The summed E-state index contributed by atoms with van der Waals surface area (Å²) in [6.45, 7) is 3.30. The molecule has 1 amide bonds. The van der Waals surface area contributed by atoms with Gasteiger partial charge in [0, 0.05) is 37.9 Å². The molecule has 5 heteroatoms. The highest BCUT2D eigenvalue weighted by molar-refractivity contribution is 5.93. The quantitative estimate of drug-likeness (QED) is 0.698. The van der Waals surface area contributed by atoms with Crippen molar-refractivity contribution >= 4 is 22.6 Å². The summed E-state index contributed by atoms with van der Waals surface area (Å²) in [7, 11) is 2.05. The Morgan fingerprint density at radius 3 is 2.70 bits per heavy atom. The summed E-state index contributed by atoms with van der Waals surface area (Å²) in [6, 6.07) is 16.5. The number of carbonyl (C=O) groups excluding carboxylic acids is 1. The zero-order valence-electron chi connectivity index (χ0n) is 15.5. The predicted molar refractivity (Wildman–Crippen MR) is 106 cm³/mol. The molecular formula is C22H22N2O3. The molecule has 0 saturated heterocycles. The maximum absolute atomic E-state index is 13.3. The van der Waals surface area contributed by atoms with Crippen molar-refractivity contribution in [2.24, 2.45) is 0 Å². The average molecular weight is 362 g/mol. The molecule has 27 heavy (non-hydrogen) atoms.